The molecule has 1 heterocycles. The van der Waals surface area contributed by atoms with Crippen molar-refractivity contribution in [1.82, 2.24) is 9.97 Å². The van der Waals surface area contributed by atoms with Crippen molar-refractivity contribution in [3.05, 3.63) is 169 Å². The lowest BCUT2D eigenvalue weighted by atomic mass is 9.97. The van der Waals surface area contributed by atoms with E-state index in [9.17, 15) is 10.5 Å². The molecule has 0 radical (unpaired) electrons. The molecule has 0 N–H and O–H groups in total. The number of nitriles is 2. The molecule has 0 amide bonds. The molecule has 7 rings (SSSR count). The maximum atomic E-state index is 9.97. The molecule has 0 aliphatic heterocycles. The normalized spacial score (nSPS) is 10.5. The third-order valence-corrected chi connectivity index (χ3v) is 7.81. The van der Waals surface area contributed by atoms with E-state index in [1.807, 2.05) is 170 Å². The first-order valence-corrected chi connectivity index (χ1v) is 15.3. The lowest BCUT2D eigenvalue weighted by Gasteiger charge is -2.19. The quantitative estimate of drug-likeness (QED) is 0.168. The van der Waals surface area contributed by atoms with Gasteiger partial charge in [-0.1, -0.05) is 158 Å². The monoisotopic (exact) mass is 618 g/mol. The first-order valence-electron chi connectivity index (χ1n) is 15.3. The highest BCUT2D eigenvalue weighted by atomic mass is 16.5. The molecule has 226 valence electrons. The summed E-state index contributed by atoms with van der Waals surface area (Å²) in [6.45, 7) is 0. The van der Waals surface area contributed by atoms with Crippen LogP contribution in [0.25, 0.3) is 44.5 Å². The Balaban J connectivity index is 1.45. The molecular formula is C42H26N4O2. The standard InChI is InChI=1S/C42H26N4O2/c43-27-37-38(28-44)46-42(48-40-35(31-19-9-3-10-20-31)25-14-26-36(40)32-21-11-4-12-22-32)41(45-37)47-39-33(29-15-5-1-6-16-29)23-13-24-34(39)30-17-7-2-8-18-30/h1-26H. The van der Waals surface area contributed by atoms with E-state index in [1.165, 1.54) is 0 Å². The van der Waals surface area contributed by atoms with Crippen LogP contribution in [0.5, 0.6) is 23.3 Å². The Morgan fingerprint density at radius 1 is 0.354 bits per heavy atom. The summed E-state index contributed by atoms with van der Waals surface area (Å²) < 4.78 is 13.5. The fraction of sp³-hybridized carbons (Fsp3) is 0. The summed E-state index contributed by atoms with van der Waals surface area (Å²) in [7, 11) is 0. The van der Waals surface area contributed by atoms with Crippen LogP contribution in [0.1, 0.15) is 11.4 Å². The number of ether oxygens (including phenoxy) is 2. The zero-order chi connectivity index (χ0) is 32.7. The maximum absolute atomic E-state index is 9.97. The summed E-state index contributed by atoms with van der Waals surface area (Å²) >= 11 is 0. The van der Waals surface area contributed by atoms with Crippen molar-refractivity contribution >= 4 is 0 Å². The average Bonchev–Trinajstić information content (AvgIpc) is 3.16. The highest BCUT2D eigenvalue weighted by Gasteiger charge is 2.24. The second kappa shape index (κ2) is 13.5. The lowest BCUT2D eigenvalue weighted by Crippen LogP contribution is -2.04. The fourth-order valence-electron chi connectivity index (χ4n) is 5.56. The highest BCUT2D eigenvalue weighted by molar-refractivity contribution is 5.84. The topological polar surface area (TPSA) is 91.8 Å². The highest BCUT2D eigenvalue weighted by Crippen LogP contribution is 2.46. The van der Waals surface area contributed by atoms with Crippen molar-refractivity contribution in [3.8, 4) is 79.9 Å². The van der Waals surface area contributed by atoms with Crippen molar-refractivity contribution < 1.29 is 9.47 Å². The van der Waals surface area contributed by atoms with Gasteiger partial charge in [-0.25, -0.2) is 0 Å². The average molecular weight is 619 g/mol. The lowest BCUT2D eigenvalue weighted by molar-refractivity contribution is 0.393. The van der Waals surface area contributed by atoms with Gasteiger partial charge in [-0.15, -0.1) is 0 Å². The maximum Gasteiger partial charge on any atom is 0.285 e. The van der Waals surface area contributed by atoms with Crippen LogP contribution < -0.4 is 9.47 Å². The molecule has 1 aromatic heterocycles. The van der Waals surface area contributed by atoms with Gasteiger partial charge in [0.25, 0.3) is 11.8 Å². The minimum atomic E-state index is -0.169. The second-order valence-corrected chi connectivity index (χ2v) is 10.8. The van der Waals surface area contributed by atoms with E-state index in [0.29, 0.717) is 11.5 Å². The van der Waals surface area contributed by atoms with Crippen molar-refractivity contribution in [1.29, 1.82) is 10.5 Å². The van der Waals surface area contributed by atoms with E-state index >= 15 is 0 Å². The number of benzene rings is 6. The van der Waals surface area contributed by atoms with Gasteiger partial charge >= 0.3 is 0 Å². The summed E-state index contributed by atoms with van der Waals surface area (Å²) in [4.78, 5) is 9.07. The van der Waals surface area contributed by atoms with Crippen LogP contribution in [0.15, 0.2) is 158 Å². The van der Waals surface area contributed by atoms with Gasteiger partial charge in [-0.05, 0) is 22.3 Å². The molecule has 0 fully saturated rings. The molecule has 0 aliphatic rings. The molecule has 0 unspecified atom stereocenters. The summed E-state index contributed by atoms with van der Waals surface area (Å²) in [5.41, 5.74) is 6.60. The van der Waals surface area contributed by atoms with E-state index in [0.717, 1.165) is 44.5 Å². The van der Waals surface area contributed by atoms with E-state index in [4.69, 9.17) is 9.47 Å². The van der Waals surface area contributed by atoms with E-state index in [2.05, 4.69) is 9.97 Å². The molecule has 6 heteroatoms. The molecule has 0 saturated heterocycles. The van der Waals surface area contributed by atoms with Crippen molar-refractivity contribution in [2.24, 2.45) is 0 Å². The first-order chi connectivity index (χ1) is 23.7. The largest absolute Gasteiger partial charge is 0.433 e. The molecule has 0 bridgehead atoms. The third kappa shape index (κ3) is 5.98. The van der Waals surface area contributed by atoms with Gasteiger partial charge in [-0.2, -0.15) is 20.5 Å². The van der Waals surface area contributed by atoms with Gasteiger partial charge in [0.1, 0.15) is 23.6 Å². The zero-order valence-electron chi connectivity index (χ0n) is 25.6. The van der Waals surface area contributed by atoms with Crippen molar-refractivity contribution in [2.75, 3.05) is 0 Å². The predicted octanol–water partition coefficient (Wildman–Crippen LogP) is 10.5. The number of rotatable bonds is 8. The minimum Gasteiger partial charge on any atom is -0.433 e. The van der Waals surface area contributed by atoms with E-state index in [-0.39, 0.29) is 23.1 Å². The SMILES string of the molecule is N#Cc1nc(Oc2c(-c3ccccc3)cccc2-c2ccccc2)c(Oc2c(-c3ccccc3)cccc2-c2ccccc2)nc1C#N. The molecule has 0 saturated carbocycles. The number of nitrogens with zero attached hydrogens (tertiary/aromatic N) is 4. The van der Waals surface area contributed by atoms with Crippen LogP contribution in [0.2, 0.25) is 0 Å². The predicted molar refractivity (Wildman–Crippen MR) is 186 cm³/mol. The van der Waals surface area contributed by atoms with Crippen molar-refractivity contribution in [2.45, 2.75) is 0 Å². The second-order valence-electron chi connectivity index (χ2n) is 10.8. The Kier molecular flexibility index (Phi) is 8.37. The third-order valence-electron chi connectivity index (χ3n) is 7.81. The Labute approximate surface area is 278 Å². The molecule has 0 atom stereocenters. The van der Waals surface area contributed by atoms with Gasteiger partial charge in [-0.3, -0.25) is 0 Å². The summed E-state index contributed by atoms with van der Waals surface area (Å²) in [6, 6.07) is 55.4. The van der Waals surface area contributed by atoms with Crippen LogP contribution in [0.4, 0.5) is 0 Å². The first kappa shape index (κ1) is 29.7. The van der Waals surface area contributed by atoms with Crippen LogP contribution >= 0.6 is 0 Å². The van der Waals surface area contributed by atoms with Crippen LogP contribution in [0, 0.1) is 22.7 Å². The molecule has 6 nitrogen and oxygen atoms in total. The Hall–Kier alpha value is -7.02. The Morgan fingerprint density at radius 3 is 0.875 bits per heavy atom. The number of hydrogen-bond donors (Lipinski definition) is 0. The molecule has 0 spiro atoms. The summed E-state index contributed by atoms with van der Waals surface area (Å²) in [5, 5.41) is 19.9. The van der Waals surface area contributed by atoms with Crippen molar-refractivity contribution in [3.63, 3.8) is 0 Å². The van der Waals surface area contributed by atoms with Gasteiger partial charge in [0.05, 0.1) is 0 Å². The van der Waals surface area contributed by atoms with Gasteiger partial charge < -0.3 is 9.47 Å². The zero-order valence-corrected chi connectivity index (χ0v) is 25.6. The number of hydrogen-bond acceptors (Lipinski definition) is 6. The fourth-order valence-corrected chi connectivity index (χ4v) is 5.56. The van der Waals surface area contributed by atoms with Crippen LogP contribution in [-0.2, 0) is 0 Å². The van der Waals surface area contributed by atoms with Crippen LogP contribution in [-0.4, -0.2) is 9.97 Å². The molecule has 0 aliphatic carbocycles. The minimum absolute atomic E-state index is 0.0482. The Morgan fingerprint density at radius 2 is 0.625 bits per heavy atom. The molecule has 6 aromatic carbocycles. The molecular weight excluding hydrogens is 592 g/mol. The van der Waals surface area contributed by atoms with Gasteiger partial charge in [0.15, 0.2) is 11.4 Å². The van der Waals surface area contributed by atoms with E-state index < -0.39 is 0 Å². The summed E-state index contributed by atoms with van der Waals surface area (Å²) in [6.07, 6.45) is 0. The van der Waals surface area contributed by atoms with E-state index in [1.54, 1.807) is 0 Å². The van der Waals surface area contributed by atoms with Gasteiger partial charge in [0, 0.05) is 22.3 Å². The molecule has 7 aromatic rings. The number of para-hydroxylation sites is 2. The summed E-state index contributed by atoms with van der Waals surface area (Å²) in [5.74, 6) is 0.908. The van der Waals surface area contributed by atoms with Gasteiger partial charge in [0.2, 0.25) is 0 Å². The Bertz CT molecular complexity index is 2010. The number of aromatic nitrogens is 2. The molecule has 48 heavy (non-hydrogen) atoms. The van der Waals surface area contributed by atoms with Crippen LogP contribution in [0.3, 0.4) is 0 Å². The smallest absolute Gasteiger partial charge is 0.285 e.